The Bertz CT molecular complexity index is 216. The maximum absolute atomic E-state index is 4.50. The summed E-state index contributed by atoms with van der Waals surface area (Å²) in [4.78, 5) is 0. The van der Waals surface area contributed by atoms with E-state index in [9.17, 15) is 0 Å². The van der Waals surface area contributed by atoms with Crippen molar-refractivity contribution in [3.63, 3.8) is 0 Å². The average molecular weight is 149 g/mol. The van der Waals surface area contributed by atoms with Crippen LogP contribution < -0.4 is 5.73 Å². The predicted octanol–water partition coefficient (Wildman–Crippen LogP) is 2.21. The third-order valence-corrected chi connectivity index (χ3v) is 1.41. The lowest BCUT2D eigenvalue weighted by atomic mass is 10.1. The van der Waals surface area contributed by atoms with E-state index in [1.807, 2.05) is 18.2 Å². The van der Waals surface area contributed by atoms with Crippen molar-refractivity contribution in [2.75, 3.05) is 7.05 Å². The number of aryl methyl sites for hydroxylation is 1. The lowest BCUT2D eigenvalue weighted by Crippen LogP contribution is -1.75. The van der Waals surface area contributed by atoms with E-state index in [0.29, 0.717) is 0 Å². The first-order chi connectivity index (χ1) is 5.34. The molecule has 1 heteroatoms. The third kappa shape index (κ3) is 3.01. The molecule has 2 N–H and O–H groups in total. The summed E-state index contributed by atoms with van der Waals surface area (Å²) in [6.07, 6.45) is 1.87. The molecule has 0 saturated heterocycles. The lowest BCUT2D eigenvalue weighted by molar-refractivity contribution is 1.45. The molecule has 0 saturated carbocycles. The van der Waals surface area contributed by atoms with Crippen molar-refractivity contribution in [1.82, 2.24) is 0 Å². The fourth-order valence-corrected chi connectivity index (χ4v) is 0.816. The smallest absolute Gasteiger partial charge is 0.0195 e. The van der Waals surface area contributed by atoms with Gasteiger partial charge >= 0.3 is 0 Å². The van der Waals surface area contributed by atoms with Gasteiger partial charge in [0.2, 0.25) is 0 Å². The molecule has 0 radical (unpaired) electrons. The van der Waals surface area contributed by atoms with E-state index in [4.69, 9.17) is 0 Å². The van der Waals surface area contributed by atoms with Crippen molar-refractivity contribution in [2.24, 2.45) is 5.73 Å². The Balaban J connectivity index is 0.000000461. The largest absolute Gasteiger partial charge is 0.333 e. The van der Waals surface area contributed by atoms with Gasteiger partial charge in [-0.05, 0) is 25.1 Å². The Hall–Kier alpha value is -1.08. The SMILES string of the molecule is C=Cc1ccccc1C.CN. The minimum absolute atomic E-state index is 1.22. The highest BCUT2D eigenvalue weighted by Gasteiger charge is 1.86. The molecule has 0 atom stereocenters. The van der Waals surface area contributed by atoms with Gasteiger partial charge in [-0.15, -0.1) is 0 Å². The van der Waals surface area contributed by atoms with Gasteiger partial charge in [-0.25, -0.2) is 0 Å². The van der Waals surface area contributed by atoms with Crippen molar-refractivity contribution in [1.29, 1.82) is 0 Å². The van der Waals surface area contributed by atoms with Crippen molar-refractivity contribution in [2.45, 2.75) is 6.92 Å². The van der Waals surface area contributed by atoms with Crippen molar-refractivity contribution in [3.05, 3.63) is 42.0 Å². The Morgan fingerprint density at radius 1 is 1.27 bits per heavy atom. The highest BCUT2D eigenvalue weighted by Crippen LogP contribution is 2.06. The molecule has 1 nitrogen and oxygen atoms in total. The molecule has 1 aromatic carbocycles. The van der Waals surface area contributed by atoms with Crippen LogP contribution in [0.15, 0.2) is 30.8 Å². The first-order valence-electron chi connectivity index (χ1n) is 3.60. The van der Waals surface area contributed by atoms with Crippen molar-refractivity contribution in [3.8, 4) is 0 Å². The molecular weight excluding hydrogens is 134 g/mol. The number of nitrogens with two attached hydrogens (primary N) is 1. The van der Waals surface area contributed by atoms with E-state index < -0.39 is 0 Å². The number of rotatable bonds is 1. The van der Waals surface area contributed by atoms with Gasteiger partial charge in [0.15, 0.2) is 0 Å². The molecule has 0 heterocycles. The van der Waals surface area contributed by atoms with Crippen LogP contribution in [-0.2, 0) is 0 Å². The molecule has 0 amide bonds. The standard InChI is InChI=1S/C9H10.CH5N/c1-3-9-7-5-4-6-8(9)2;1-2/h3-7H,1H2,2H3;2H2,1H3. The van der Waals surface area contributed by atoms with E-state index >= 15 is 0 Å². The lowest BCUT2D eigenvalue weighted by Gasteiger charge is -1.95. The summed E-state index contributed by atoms with van der Waals surface area (Å²) in [5, 5.41) is 0. The molecule has 0 bridgehead atoms. The number of benzene rings is 1. The summed E-state index contributed by atoms with van der Waals surface area (Å²) < 4.78 is 0. The molecule has 1 rings (SSSR count). The van der Waals surface area contributed by atoms with Gasteiger partial charge in [0.25, 0.3) is 0 Å². The van der Waals surface area contributed by atoms with Crippen LogP contribution in [0.2, 0.25) is 0 Å². The van der Waals surface area contributed by atoms with Crippen LogP contribution >= 0.6 is 0 Å². The summed E-state index contributed by atoms with van der Waals surface area (Å²) in [6, 6.07) is 8.19. The second-order valence-corrected chi connectivity index (χ2v) is 2.06. The molecular formula is C10H15N. The van der Waals surface area contributed by atoms with Crippen LogP contribution in [-0.4, -0.2) is 7.05 Å². The van der Waals surface area contributed by atoms with E-state index in [0.717, 1.165) is 0 Å². The molecule has 60 valence electrons. The summed E-state index contributed by atoms with van der Waals surface area (Å²) in [5.41, 5.74) is 7.00. The first-order valence-corrected chi connectivity index (χ1v) is 3.60. The molecule has 1 aromatic rings. The summed E-state index contributed by atoms with van der Waals surface area (Å²) >= 11 is 0. The first kappa shape index (κ1) is 9.92. The summed E-state index contributed by atoms with van der Waals surface area (Å²) in [5.74, 6) is 0. The van der Waals surface area contributed by atoms with Gasteiger partial charge in [-0.1, -0.05) is 36.9 Å². The Morgan fingerprint density at radius 2 is 1.82 bits per heavy atom. The van der Waals surface area contributed by atoms with Crippen LogP contribution in [0.4, 0.5) is 0 Å². The van der Waals surface area contributed by atoms with Gasteiger partial charge < -0.3 is 5.73 Å². The second kappa shape index (κ2) is 5.69. The maximum Gasteiger partial charge on any atom is -0.0195 e. The summed E-state index contributed by atoms with van der Waals surface area (Å²) in [6.45, 7) is 5.77. The minimum atomic E-state index is 1.22. The van der Waals surface area contributed by atoms with Gasteiger partial charge in [-0.2, -0.15) is 0 Å². The zero-order valence-electron chi connectivity index (χ0n) is 7.17. The molecule has 0 aromatic heterocycles. The highest BCUT2D eigenvalue weighted by molar-refractivity contribution is 5.50. The number of hydrogen-bond donors (Lipinski definition) is 1. The predicted molar refractivity (Wildman–Crippen MR) is 51.4 cm³/mol. The molecule has 11 heavy (non-hydrogen) atoms. The Kier molecular flexibility index (Phi) is 5.13. The normalized spacial score (nSPS) is 7.91. The summed E-state index contributed by atoms with van der Waals surface area (Å²) in [7, 11) is 1.50. The van der Waals surface area contributed by atoms with E-state index in [1.54, 1.807) is 0 Å². The fourth-order valence-electron chi connectivity index (χ4n) is 0.816. The van der Waals surface area contributed by atoms with Gasteiger partial charge in [0.1, 0.15) is 0 Å². The molecule has 0 aliphatic heterocycles. The highest BCUT2D eigenvalue weighted by atomic mass is 14.4. The van der Waals surface area contributed by atoms with Crippen molar-refractivity contribution >= 4 is 6.08 Å². The minimum Gasteiger partial charge on any atom is -0.333 e. The van der Waals surface area contributed by atoms with Gasteiger partial charge in [0.05, 0.1) is 0 Å². The van der Waals surface area contributed by atoms with Gasteiger partial charge in [0, 0.05) is 0 Å². The molecule has 0 unspecified atom stereocenters. The van der Waals surface area contributed by atoms with E-state index in [2.05, 4.69) is 31.4 Å². The molecule has 0 spiro atoms. The monoisotopic (exact) mass is 149 g/mol. The van der Waals surface area contributed by atoms with Crippen LogP contribution in [0.3, 0.4) is 0 Å². The maximum atomic E-state index is 4.50. The number of hydrogen-bond acceptors (Lipinski definition) is 1. The van der Waals surface area contributed by atoms with E-state index in [-0.39, 0.29) is 0 Å². The van der Waals surface area contributed by atoms with E-state index in [1.165, 1.54) is 18.2 Å². The molecule has 0 fully saturated rings. The topological polar surface area (TPSA) is 26.0 Å². The third-order valence-electron chi connectivity index (χ3n) is 1.41. The molecule has 0 aliphatic carbocycles. The van der Waals surface area contributed by atoms with Crippen LogP contribution in [0.25, 0.3) is 6.08 Å². The van der Waals surface area contributed by atoms with Crippen molar-refractivity contribution < 1.29 is 0 Å². The second-order valence-electron chi connectivity index (χ2n) is 2.06. The van der Waals surface area contributed by atoms with Crippen LogP contribution in [0, 0.1) is 6.92 Å². The van der Waals surface area contributed by atoms with Crippen LogP contribution in [0.1, 0.15) is 11.1 Å². The fraction of sp³-hybridized carbons (Fsp3) is 0.200. The zero-order valence-corrected chi connectivity index (χ0v) is 7.17. The Morgan fingerprint density at radius 3 is 2.18 bits per heavy atom. The zero-order chi connectivity index (χ0) is 8.69. The van der Waals surface area contributed by atoms with Gasteiger partial charge in [-0.3, -0.25) is 0 Å². The quantitative estimate of drug-likeness (QED) is 0.651. The Labute approximate surface area is 68.5 Å². The molecule has 0 aliphatic rings. The van der Waals surface area contributed by atoms with Crippen LogP contribution in [0.5, 0.6) is 0 Å². The average Bonchev–Trinajstić information content (AvgIpc) is 2.09.